The van der Waals surface area contributed by atoms with Gasteiger partial charge in [-0.25, -0.2) is 4.98 Å². The molecule has 0 aliphatic heterocycles. The summed E-state index contributed by atoms with van der Waals surface area (Å²) >= 11 is 0. The summed E-state index contributed by atoms with van der Waals surface area (Å²) < 4.78 is 84.2. The largest absolute Gasteiger partial charge is 0.458 e. The lowest BCUT2D eigenvalue weighted by Gasteiger charge is -2.16. The predicted octanol–water partition coefficient (Wildman–Crippen LogP) is 14.8. The summed E-state index contributed by atoms with van der Waals surface area (Å²) in [6, 6.07) is 69.2. The third kappa shape index (κ3) is 6.07. The van der Waals surface area contributed by atoms with Gasteiger partial charge in [-0.1, -0.05) is 121 Å². The minimum atomic E-state index is -3.01. The second kappa shape index (κ2) is 15.2. The molecule has 0 atom stereocenters. The van der Waals surface area contributed by atoms with Crippen LogP contribution in [0.2, 0.25) is 0 Å². The molecule has 69 heavy (non-hydrogen) atoms. The van der Waals surface area contributed by atoms with E-state index in [0.29, 0.717) is 22.5 Å². The lowest BCUT2D eigenvalue weighted by molar-refractivity contribution is -0.572. The van der Waals surface area contributed by atoms with Gasteiger partial charge in [0.15, 0.2) is 0 Å². The monoisotopic (exact) mass is 894 g/mol. The van der Waals surface area contributed by atoms with Crippen LogP contribution in [0, 0.1) is 20.0 Å². The molecular formula is C62H42N6O. The fraction of sp³-hybridized carbons (Fsp3) is 0.0323. The van der Waals surface area contributed by atoms with E-state index in [2.05, 4.69) is 152 Å². The second-order valence-corrected chi connectivity index (χ2v) is 17.3. The molecule has 0 bridgehead atoms. The molecule has 14 rings (SSSR count). The smallest absolute Gasteiger partial charge is 0.269 e. The van der Waals surface area contributed by atoms with Crippen LogP contribution in [-0.2, 0) is 0 Å². The molecule has 9 aromatic carbocycles. The minimum absolute atomic E-state index is 0.175. The zero-order valence-electron chi connectivity index (χ0n) is 44.7. The topological polar surface area (TPSA) is 45.7 Å². The molecule has 14 aromatic rings. The first-order chi connectivity index (χ1) is 37.3. The first-order valence-corrected chi connectivity index (χ1v) is 22.7. The van der Waals surface area contributed by atoms with Crippen molar-refractivity contribution in [3.8, 4) is 40.1 Å². The van der Waals surface area contributed by atoms with E-state index in [1.165, 1.54) is 21.5 Å². The highest BCUT2D eigenvalue weighted by atomic mass is 16.5. The number of hydrogen-bond acceptors (Lipinski definition) is 2. The van der Waals surface area contributed by atoms with Crippen molar-refractivity contribution in [2.75, 3.05) is 0 Å². The Balaban J connectivity index is 0.916. The second-order valence-electron chi connectivity index (χ2n) is 17.3. The minimum Gasteiger partial charge on any atom is -0.458 e. The predicted molar refractivity (Wildman–Crippen MR) is 280 cm³/mol. The van der Waals surface area contributed by atoms with Crippen molar-refractivity contribution >= 4 is 76.5 Å². The molecule has 0 spiro atoms. The number of fused-ring (bicyclic) bond motifs is 10. The van der Waals surface area contributed by atoms with Crippen LogP contribution in [0.4, 0.5) is 0 Å². The molecule has 0 unspecified atom stereocenters. The van der Waals surface area contributed by atoms with E-state index in [1.807, 2.05) is 77.4 Å². The van der Waals surface area contributed by atoms with Gasteiger partial charge in [0.25, 0.3) is 6.33 Å². The van der Waals surface area contributed by atoms with E-state index in [1.54, 1.807) is 10.6 Å². The van der Waals surface area contributed by atoms with Gasteiger partial charge in [0, 0.05) is 64.2 Å². The fourth-order valence-electron chi connectivity index (χ4n) is 10.3. The number of para-hydroxylation sites is 7. The Kier molecular flexibility index (Phi) is 6.96. The van der Waals surface area contributed by atoms with E-state index >= 15 is 0 Å². The molecule has 0 radical (unpaired) electrons. The Morgan fingerprint density at radius 2 is 0.957 bits per heavy atom. The van der Waals surface area contributed by atoms with E-state index in [4.69, 9.17) is 14.3 Å². The number of pyridine rings is 1. The first kappa shape index (κ1) is 31.7. The molecule has 5 heterocycles. The number of benzene rings is 9. The number of aromatic nitrogens is 6. The van der Waals surface area contributed by atoms with Crippen LogP contribution < -0.4 is 9.30 Å². The molecule has 0 aliphatic carbocycles. The Morgan fingerprint density at radius 3 is 1.54 bits per heavy atom. The molecule has 0 N–H and O–H groups in total. The lowest BCUT2D eigenvalue weighted by Crippen LogP contribution is -2.30. The van der Waals surface area contributed by atoms with Crippen molar-refractivity contribution < 1.29 is 20.3 Å². The third-order valence-electron chi connectivity index (χ3n) is 13.3. The van der Waals surface area contributed by atoms with Crippen LogP contribution >= 0.6 is 0 Å². The maximum atomic E-state index is 9.18. The standard InChI is InChI=1S/C62H42N6O/c1-40-32-62(63-38-41(40)2)68-58-27-12-7-22-52(58)53-31-30-47(37-61(53)68)69-46-17-15-16-42(36-46)64-39-65(60-29-14-13-28-59(60)64)43-33-44(66-54-23-8-3-18-48(54)49-19-4-9-24-55(49)66)35-45(34-43)67-56-25-10-5-20-50(56)51-21-6-11-26-57(51)67/h3-38H,1-2H3/i1D3,2D3,32D,38D. The van der Waals surface area contributed by atoms with Crippen LogP contribution in [0.5, 0.6) is 11.5 Å². The van der Waals surface area contributed by atoms with E-state index in [9.17, 15) is 1.37 Å². The quantitative estimate of drug-likeness (QED) is 0.118. The summed E-state index contributed by atoms with van der Waals surface area (Å²) in [6.07, 6.45) is 3.02. The molecule has 0 saturated heterocycles. The molecule has 0 aliphatic rings. The first-order valence-electron chi connectivity index (χ1n) is 26.7. The van der Waals surface area contributed by atoms with Crippen molar-refractivity contribution in [2.45, 2.75) is 13.7 Å². The van der Waals surface area contributed by atoms with E-state index in [0.717, 1.165) is 66.6 Å². The SMILES string of the molecule is [2H]c1nc(-n2c3ccccc3c3ccc(Oc4cccc(-n5[c-][n+](-c6cc(-n7c8ccccc8c8ccccc87)cc(-n7c8ccccc8c8ccccc87)c6)c6ccccc65)c4)cc32)c([2H])c(C([2H])([2H])[2H])c1C([2H])([2H])[2H]. The normalized spacial score (nSPS) is 14.0. The van der Waals surface area contributed by atoms with Crippen LogP contribution in [0.25, 0.3) is 105 Å². The average molecular weight is 895 g/mol. The Bertz CT molecular complexity index is 4510. The number of imidazole rings is 1. The fourth-order valence-corrected chi connectivity index (χ4v) is 10.3. The summed E-state index contributed by atoms with van der Waals surface area (Å²) in [7, 11) is 0. The molecular weight excluding hydrogens is 845 g/mol. The molecule has 5 aromatic heterocycles. The molecule has 0 fully saturated rings. The van der Waals surface area contributed by atoms with Crippen LogP contribution in [0.3, 0.4) is 0 Å². The average Bonchev–Trinajstić information content (AvgIpc) is 4.36. The van der Waals surface area contributed by atoms with Crippen molar-refractivity contribution in [3.63, 3.8) is 0 Å². The molecule has 7 nitrogen and oxygen atoms in total. The highest BCUT2D eigenvalue weighted by Gasteiger charge is 2.20. The summed E-state index contributed by atoms with van der Waals surface area (Å²) in [4.78, 5) is 4.33. The number of rotatable bonds is 7. The highest BCUT2D eigenvalue weighted by molar-refractivity contribution is 6.11. The van der Waals surface area contributed by atoms with Crippen molar-refractivity contribution in [1.82, 2.24) is 23.3 Å². The van der Waals surface area contributed by atoms with Gasteiger partial charge in [0.1, 0.15) is 17.3 Å². The van der Waals surface area contributed by atoms with Crippen LogP contribution in [-0.4, -0.2) is 23.3 Å². The van der Waals surface area contributed by atoms with E-state index in [-0.39, 0.29) is 5.82 Å². The molecule has 7 heteroatoms. The van der Waals surface area contributed by atoms with Gasteiger partial charge in [-0.3, -0.25) is 13.7 Å². The number of hydrogen-bond donors (Lipinski definition) is 0. The van der Waals surface area contributed by atoms with Gasteiger partial charge < -0.3 is 13.9 Å². The van der Waals surface area contributed by atoms with Gasteiger partial charge >= 0.3 is 0 Å². The maximum absolute atomic E-state index is 9.18. The van der Waals surface area contributed by atoms with Gasteiger partial charge in [0.05, 0.1) is 58.2 Å². The Morgan fingerprint density at radius 1 is 0.449 bits per heavy atom. The van der Waals surface area contributed by atoms with Gasteiger partial charge in [-0.05, 0) is 110 Å². The highest BCUT2D eigenvalue weighted by Crippen LogP contribution is 2.38. The zero-order valence-corrected chi connectivity index (χ0v) is 36.7. The summed E-state index contributed by atoms with van der Waals surface area (Å²) in [5.41, 5.74) is 9.51. The number of ether oxygens (including phenoxy) is 1. The summed E-state index contributed by atoms with van der Waals surface area (Å²) in [5.74, 6) is 0.775. The lowest BCUT2D eigenvalue weighted by atomic mass is 10.1. The Hall–Kier alpha value is -9.20. The van der Waals surface area contributed by atoms with Gasteiger partial charge in [0.2, 0.25) is 0 Å². The molecule has 0 saturated carbocycles. The van der Waals surface area contributed by atoms with Crippen LogP contribution in [0.1, 0.15) is 22.1 Å². The van der Waals surface area contributed by atoms with Crippen molar-refractivity contribution in [3.05, 3.63) is 236 Å². The zero-order chi connectivity index (χ0) is 52.5. The van der Waals surface area contributed by atoms with Gasteiger partial charge in [-0.15, -0.1) is 0 Å². The van der Waals surface area contributed by atoms with Crippen LogP contribution in [0.15, 0.2) is 218 Å². The third-order valence-corrected chi connectivity index (χ3v) is 13.3. The van der Waals surface area contributed by atoms with Crippen molar-refractivity contribution in [2.24, 2.45) is 0 Å². The Labute approximate surface area is 408 Å². The molecule has 326 valence electrons. The maximum Gasteiger partial charge on any atom is 0.269 e. The van der Waals surface area contributed by atoms with Gasteiger partial charge in [-0.2, -0.15) is 0 Å². The molecule has 0 amide bonds. The summed E-state index contributed by atoms with van der Waals surface area (Å²) in [5, 5.41) is 6.21. The summed E-state index contributed by atoms with van der Waals surface area (Å²) in [6.45, 7) is -6.00. The number of nitrogens with zero attached hydrogens (tertiary/aromatic N) is 6. The van der Waals surface area contributed by atoms with Crippen molar-refractivity contribution in [1.29, 1.82) is 0 Å². The van der Waals surface area contributed by atoms with E-state index < -0.39 is 37.0 Å².